The monoisotopic (exact) mass is 133 g/mol. The Morgan fingerprint density at radius 2 is 1.90 bits per heavy atom. The minimum Gasteiger partial charge on any atom is -0.286 e. The molecule has 52 valence electrons. The van der Waals surface area contributed by atoms with Crippen LogP contribution in [0.5, 0.6) is 0 Å². The van der Waals surface area contributed by atoms with Crippen LogP contribution in [0.2, 0.25) is 0 Å². The first-order chi connectivity index (χ1) is 4.83. The van der Waals surface area contributed by atoms with Crippen LogP contribution in [0.1, 0.15) is 6.92 Å². The molecule has 0 saturated carbocycles. The van der Waals surface area contributed by atoms with Gasteiger partial charge in [-0.25, -0.2) is 0 Å². The molecule has 0 atom stereocenters. The van der Waals surface area contributed by atoms with E-state index in [-0.39, 0.29) is 0 Å². The van der Waals surface area contributed by atoms with Gasteiger partial charge in [0.25, 0.3) is 0 Å². The molecule has 0 aromatic heterocycles. The highest BCUT2D eigenvalue weighted by Gasteiger charge is 1.92. The molecule has 0 heterocycles. The summed E-state index contributed by atoms with van der Waals surface area (Å²) in [4.78, 5) is 4.22. The first-order valence-corrected chi connectivity index (χ1v) is 3.42. The van der Waals surface area contributed by atoms with Crippen LogP contribution in [0.15, 0.2) is 41.4 Å². The Hall–Kier alpha value is -1.11. The van der Waals surface area contributed by atoms with Gasteiger partial charge in [-0.05, 0) is 24.6 Å². The minimum atomic E-state index is 0.844. The van der Waals surface area contributed by atoms with E-state index in [4.69, 9.17) is 0 Å². The van der Waals surface area contributed by atoms with Crippen molar-refractivity contribution in [1.82, 2.24) is 0 Å². The topological polar surface area (TPSA) is 12.4 Å². The molecule has 0 spiro atoms. The van der Waals surface area contributed by atoms with Gasteiger partial charge in [-0.1, -0.05) is 18.7 Å². The fourth-order valence-corrected chi connectivity index (χ4v) is 0.784. The predicted molar refractivity (Wildman–Crippen MR) is 45.4 cm³/mol. The summed E-state index contributed by atoms with van der Waals surface area (Å²) < 4.78 is 0. The summed E-state index contributed by atoms with van der Waals surface area (Å²) in [5.74, 6) is 0. The molecule has 0 aromatic carbocycles. The average molecular weight is 133 g/mol. The van der Waals surface area contributed by atoms with E-state index in [1.54, 1.807) is 0 Å². The summed E-state index contributed by atoms with van der Waals surface area (Å²) in [6, 6.07) is 0. The number of aliphatic imine (C=N–C) groups is 1. The van der Waals surface area contributed by atoms with E-state index < -0.39 is 0 Å². The molecule has 0 aromatic rings. The van der Waals surface area contributed by atoms with E-state index >= 15 is 0 Å². The number of allylic oxidation sites excluding steroid dienone is 5. The molecule has 1 heteroatoms. The van der Waals surface area contributed by atoms with Crippen molar-refractivity contribution in [1.29, 1.82) is 0 Å². The molecule has 1 aliphatic carbocycles. The largest absolute Gasteiger partial charge is 0.286 e. The lowest BCUT2D eigenvalue weighted by Gasteiger charge is -1.98. The maximum absolute atomic E-state index is 4.22. The Bertz CT molecular complexity index is 201. The van der Waals surface area contributed by atoms with Crippen LogP contribution in [-0.4, -0.2) is 12.3 Å². The molecule has 0 N–H and O–H groups in total. The predicted octanol–water partition coefficient (Wildman–Crippen LogP) is 2.13. The zero-order valence-corrected chi connectivity index (χ0v) is 6.17. The quantitative estimate of drug-likeness (QED) is 0.519. The third-order valence-electron chi connectivity index (χ3n) is 1.28. The standard InChI is InChI=1S/C9H11N/c1-3-10-9-6-4-8(2)5-7-9/h4-7H,2-3H2,1H3. The van der Waals surface area contributed by atoms with Gasteiger partial charge in [0.05, 0.1) is 5.71 Å². The zero-order chi connectivity index (χ0) is 7.40. The summed E-state index contributed by atoms with van der Waals surface area (Å²) in [6.45, 7) is 6.65. The van der Waals surface area contributed by atoms with Crippen molar-refractivity contribution < 1.29 is 0 Å². The van der Waals surface area contributed by atoms with Crippen molar-refractivity contribution in [2.75, 3.05) is 6.54 Å². The molecule has 1 nitrogen and oxygen atoms in total. The second-order valence-electron chi connectivity index (χ2n) is 2.14. The highest BCUT2D eigenvalue weighted by Crippen LogP contribution is 2.03. The van der Waals surface area contributed by atoms with Gasteiger partial charge >= 0.3 is 0 Å². The molecule has 10 heavy (non-hydrogen) atoms. The fraction of sp³-hybridized carbons (Fsp3) is 0.222. The average Bonchev–Trinajstić information content (AvgIpc) is 1.95. The molecule has 0 radical (unpaired) electrons. The molecule has 0 aliphatic heterocycles. The Kier molecular flexibility index (Phi) is 2.21. The summed E-state index contributed by atoms with van der Waals surface area (Å²) in [5, 5.41) is 0. The van der Waals surface area contributed by atoms with Crippen LogP contribution in [0, 0.1) is 0 Å². The van der Waals surface area contributed by atoms with Crippen molar-refractivity contribution in [2.45, 2.75) is 6.92 Å². The number of nitrogens with zero attached hydrogens (tertiary/aromatic N) is 1. The van der Waals surface area contributed by atoms with Gasteiger partial charge < -0.3 is 0 Å². The lowest BCUT2D eigenvalue weighted by molar-refractivity contribution is 1.13. The highest BCUT2D eigenvalue weighted by atomic mass is 14.7. The Labute approximate surface area is 61.5 Å². The number of hydrogen-bond acceptors (Lipinski definition) is 1. The smallest absolute Gasteiger partial charge is 0.0574 e. The van der Waals surface area contributed by atoms with Crippen LogP contribution < -0.4 is 0 Å². The molecule has 0 bridgehead atoms. The van der Waals surface area contributed by atoms with E-state index in [1.165, 1.54) is 0 Å². The molecular weight excluding hydrogens is 122 g/mol. The first kappa shape index (κ1) is 7.00. The Balaban J connectivity index is 2.71. The van der Waals surface area contributed by atoms with E-state index in [0.29, 0.717) is 0 Å². The third kappa shape index (κ3) is 1.69. The summed E-state index contributed by atoms with van der Waals surface area (Å²) in [7, 11) is 0. The van der Waals surface area contributed by atoms with Crippen molar-refractivity contribution in [3.8, 4) is 0 Å². The summed E-state index contributed by atoms with van der Waals surface area (Å²) in [6.07, 6.45) is 7.89. The van der Waals surface area contributed by atoms with Gasteiger partial charge in [0.1, 0.15) is 0 Å². The number of rotatable bonds is 1. The van der Waals surface area contributed by atoms with Gasteiger partial charge in [-0.15, -0.1) is 0 Å². The van der Waals surface area contributed by atoms with Crippen LogP contribution in [-0.2, 0) is 0 Å². The van der Waals surface area contributed by atoms with E-state index in [1.807, 2.05) is 31.2 Å². The van der Waals surface area contributed by atoms with Gasteiger partial charge in [-0.3, -0.25) is 4.99 Å². The minimum absolute atomic E-state index is 0.844. The van der Waals surface area contributed by atoms with Crippen molar-refractivity contribution in [3.63, 3.8) is 0 Å². The molecular formula is C9H11N. The maximum atomic E-state index is 4.22. The van der Waals surface area contributed by atoms with Crippen molar-refractivity contribution >= 4 is 5.71 Å². The van der Waals surface area contributed by atoms with Gasteiger partial charge in [0, 0.05) is 6.54 Å². The molecule has 0 saturated heterocycles. The van der Waals surface area contributed by atoms with Gasteiger partial charge in [-0.2, -0.15) is 0 Å². The van der Waals surface area contributed by atoms with E-state index in [0.717, 1.165) is 17.8 Å². The fourth-order valence-electron chi connectivity index (χ4n) is 0.784. The Morgan fingerprint density at radius 1 is 1.30 bits per heavy atom. The second-order valence-corrected chi connectivity index (χ2v) is 2.14. The maximum Gasteiger partial charge on any atom is 0.0574 e. The first-order valence-electron chi connectivity index (χ1n) is 3.42. The van der Waals surface area contributed by atoms with Crippen LogP contribution in [0.3, 0.4) is 0 Å². The lowest BCUT2D eigenvalue weighted by atomic mass is 10.1. The van der Waals surface area contributed by atoms with Crippen LogP contribution in [0.25, 0.3) is 0 Å². The van der Waals surface area contributed by atoms with Crippen LogP contribution >= 0.6 is 0 Å². The third-order valence-corrected chi connectivity index (χ3v) is 1.28. The van der Waals surface area contributed by atoms with E-state index in [9.17, 15) is 0 Å². The highest BCUT2D eigenvalue weighted by molar-refractivity contribution is 6.05. The second kappa shape index (κ2) is 3.16. The Morgan fingerprint density at radius 3 is 2.40 bits per heavy atom. The number of hydrogen-bond donors (Lipinski definition) is 0. The van der Waals surface area contributed by atoms with Crippen molar-refractivity contribution in [3.05, 3.63) is 36.5 Å². The van der Waals surface area contributed by atoms with Gasteiger partial charge in [0.15, 0.2) is 0 Å². The molecule has 0 amide bonds. The molecule has 0 fully saturated rings. The lowest BCUT2D eigenvalue weighted by Crippen LogP contribution is -1.93. The van der Waals surface area contributed by atoms with Crippen LogP contribution in [0.4, 0.5) is 0 Å². The normalized spacial score (nSPS) is 16.1. The molecule has 1 rings (SSSR count). The SMILES string of the molecule is C=C1C=CC(=NCC)C=C1. The van der Waals surface area contributed by atoms with E-state index in [2.05, 4.69) is 11.6 Å². The zero-order valence-electron chi connectivity index (χ0n) is 6.17. The summed E-state index contributed by atoms with van der Waals surface area (Å²) in [5.41, 5.74) is 2.07. The van der Waals surface area contributed by atoms with Crippen molar-refractivity contribution in [2.24, 2.45) is 4.99 Å². The molecule has 0 unspecified atom stereocenters. The van der Waals surface area contributed by atoms with Gasteiger partial charge in [0.2, 0.25) is 0 Å². The summed E-state index contributed by atoms with van der Waals surface area (Å²) >= 11 is 0. The molecule has 1 aliphatic rings.